The second-order valence-electron chi connectivity index (χ2n) is 11.1. The lowest BCUT2D eigenvalue weighted by atomic mass is 9.54. The van der Waals surface area contributed by atoms with Gasteiger partial charge in [0.2, 0.25) is 0 Å². The molecule has 2 heterocycles. The second-order valence-corrected chi connectivity index (χ2v) is 11.1. The van der Waals surface area contributed by atoms with Crippen LogP contribution in [0.2, 0.25) is 0 Å². The van der Waals surface area contributed by atoms with E-state index in [4.69, 9.17) is 14.2 Å². The fourth-order valence-electron chi connectivity index (χ4n) is 7.24. The molecule has 4 nitrogen and oxygen atoms in total. The molecule has 148 valence electrons. The van der Waals surface area contributed by atoms with E-state index in [1.165, 1.54) is 12.8 Å². The quantitative estimate of drug-likeness (QED) is 0.478. The zero-order chi connectivity index (χ0) is 18.6. The lowest BCUT2D eigenvalue weighted by Crippen LogP contribution is -2.57. The number of epoxide rings is 1. The first-order valence-corrected chi connectivity index (χ1v) is 11.0. The minimum absolute atomic E-state index is 0.0928. The molecular formula is C23H32O4. The van der Waals surface area contributed by atoms with E-state index in [-0.39, 0.29) is 23.0 Å². The molecule has 27 heavy (non-hydrogen) atoms. The first-order valence-electron chi connectivity index (χ1n) is 11.0. The zero-order valence-electron chi connectivity index (χ0n) is 16.8. The molecule has 0 aromatic carbocycles. The van der Waals surface area contributed by atoms with Gasteiger partial charge in [0.05, 0.1) is 19.3 Å². The molecule has 5 fully saturated rings. The topological polar surface area (TPSA) is 48.1 Å². The number of hydrogen-bond donors (Lipinski definition) is 0. The SMILES string of the molecule is CC1(C)COC2(CC3CC[C@@H]4C(=CC[C@]5(C)C(=O)CC[C@@H]45)[C@@H]3C3OC32)OC1. The molecule has 2 aliphatic heterocycles. The van der Waals surface area contributed by atoms with Crippen LogP contribution in [-0.4, -0.2) is 37.0 Å². The van der Waals surface area contributed by atoms with Crippen LogP contribution >= 0.6 is 0 Å². The molecule has 6 rings (SSSR count). The van der Waals surface area contributed by atoms with Gasteiger partial charge in [-0.2, -0.15) is 0 Å². The van der Waals surface area contributed by atoms with E-state index in [9.17, 15) is 4.79 Å². The van der Waals surface area contributed by atoms with Crippen LogP contribution in [0.1, 0.15) is 59.3 Å². The monoisotopic (exact) mass is 372 g/mol. The molecule has 3 unspecified atom stereocenters. The Hall–Kier alpha value is -0.710. The summed E-state index contributed by atoms with van der Waals surface area (Å²) in [6.45, 7) is 8.14. The van der Waals surface area contributed by atoms with E-state index in [2.05, 4.69) is 26.8 Å². The molecule has 2 saturated heterocycles. The maximum Gasteiger partial charge on any atom is 0.197 e. The van der Waals surface area contributed by atoms with Gasteiger partial charge in [-0.3, -0.25) is 4.79 Å². The third kappa shape index (κ3) is 2.24. The highest BCUT2D eigenvalue weighted by Crippen LogP contribution is 2.64. The average molecular weight is 373 g/mol. The number of fused-ring (bicyclic) bond motifs is 8. The van der Waals surface area contributed by atoms with Crippen molar-refractivity contribution in [1.82, 2.24) is 0 Å². The predicted molar refractivity (Wildman–Crippen MR) is 99.9 cm³/mol. The first-order chi connectivity index (χ1) is 12.8. The molecule has 0 amide bonds. The maximum absolute atomic E-state index is 12.5. The van der Waals surface area contributed by atoms with Crippen molar-refractivity contribution >= 4 is 5.78 Å². The van der Waals surface area contributed by atoms with Gasteiger partial charge in [0.25, 0.3) is 0 Å². The highest BCUT2D eigenvalue weighted by Gasteiger charge is 2.69. The van der Waals surface area contributed by atoms with Crippen molar-refractivity contribution in [2.24, 2.45) is 34.5 Å². The van der Waals surface area contributed by atoms with E-state index in [1.807, 2.05) is 0 Å². The van der Waals surface area contributed by atoms with Crippen LogP contribution < -0.4 is 0 Å². The average Bonchev–Trinajstić information content (AvgIpc) is 3.39. The Morgan fingerprint density at radius 3 is 2.63 bits per heavy atom. The normalized spacial score (nSPS) is 51.7. The minimum Gasteiger partial charge on any atom is -0.363 e. The number of Topliss-reactive ketones (excluding diaryl/α,β-unsaturated/α-hetero) is 1. The molecule has 3 saturated carbocycles. The van der Waals surface area contributed by atoms with Crippen LogP contribution in [0.25, 0.3) is 0 Å². The van der Waals surface area contributed by atoms with Crippen molar-refractivity contribution in [3.63, 3.8) is 0 Å². The Balaban J connectivity index is 1.28. The van der Waals surface area contributed by atoms with Crippen LogP contribution in [0.15, 0.2) is 11.6 Å². The Kier molecular flexibility index (Phi) is 3.34. The van der Waals surface area contributed by atoms with E-state index in [0.717, 1.165) is 38.9 Å². The Bertz CT molecular complexity index is 714. The predicted octanol–water partition coefficient (Wildman–Crippen LogP) is 3.88. The molecule has 0 aromatic rings. The standard InChI is InChI=1S/C23H32O4/c1-21(2)11-25-23(26-12-21)10-13-4-5-14-15(18(13)19-20(23)27-19)8-9-22(3)16(14)6-7-17(22)24/h8,13-14,16,18-20H,4-7,9-12H2,1-3H3/t13?,14-,16+,18-,19?,20?,22+/m1/s1. The van der Waals surface area contributed by atoms with Crippen molar-refractivity contribution in [2.75, 3.05) is 13.2 Å². The minimum atomic E-state index is -0.499. The van der Waals surface area contributed by atoms with E-state index in [1.54, 1.807) is 5.57 Å². The van der Waals surface area contributed by atoms with E-state index in [0.29, 0.717) is 29.5 Å². The van der Waals surface area contributed by atoms with Crippen molar-refractivity contribution in [3.05, 3.63) is 11.6 Å². The summed E-state index contributed by atoms with van der Waals surface area (Å²) in [4.78, 5) is 12.5. The molecular weight excluding hydrogens is 340 g/mol. The molecule has 4 aliphatic carbocycles. The van der Waals surface area contributed by atoms with Crippen LogP contribution in [-0.2, 0) is 19.0 Å². The lowest BCUT2D eigenvalue weighted by Gasteiger charge is -2.52. The summed E-state index contributed by atoms with van der Waals surface area (Å²) in [6.07, 6.45) is 9.05. The Morgan fingerprint density at radius 2 is 1.85 bits per heavy atom. The van der Waals surface area contributed by atoms with Crippen LogP contribution in [0.5, 0.6) is 0 Å². The van der Waals surface area contributed by atoms with Gasteiger partial charge in [-0.05, 0) is 43.4 Å². The molecule has 0 radical (unpaired) electrons. The summed E-state index contributed by atoms with van der Waals surface area (Å²) in [7, 11) is 0. The number of hydrogen-bond acceptors (Lipinski definition) is 4. The highest BCUT2D eigenvalue weighted by atomic mass is 16.8. The second kappa shape index (κ2) is 5.25. The summed E-state index contributed by atoms with van der Waals surface area (Å²) >= 11 is 0. The molecule has 0 aromatic heterocycles. The number of ketones is 1. The van der Waals surface area contributed by atoms with Gasteiger partial charge in [0.1, 0.15) is 11.9 Å². The van der Waals surface area contributed by atoms with E-state index >= 15 is 0 Å². The summed E-state index contributed by atoms with van der Waals surface area (Å²) < 4.78 is 19.0. The van der Waals surface area contributed by atoms with Gasteiger partial charge >= 0.3 is 0 Å². The summed E-state index contributed by atoms with van der Waals surface area (Å²) in [5, 5.41) is 0. The number of rotatable bonds is 0. The van der Waals surface area contributed by atoms with Crippen LogP contribution in [0.3, 0.4) is 0 Å². The fraction of sp³-hybridized carbons (Fsp3) is 0.870. The third-order valence-electron chi connectivity index (χ3n) is 8.83. The molecule has 0 N–H and O–H groups in total. The smallest absolute Gasteiger partial charge is 0.197 e. The summed E-state index contributed by atoms with van der Waals surface area (Å²) in [6, 6.07) is 0. The lowest BCUT2D eigenvalue weighted by molar-refractivity contribution is -0.318. The Morgan fingerprint density at radius 1 is 1.07 bits per heavy atom. The Labute approximate surface area is 162 Å². The number of carbonyl (C=O) groups excluding carboxylic acids is 1. The van der Waals surface area contributed by atoms with Crippen LogP contribution in [0, 0.1) is 34.5 Å². The molecule has 0 bridgehead atoms. The van der Waals surface area contributed by atoms with Gasteiger partial charge in [0.15, 0.2) is 5.79 Å². The molecule has 6 aliphatic rings. The van der Waals surface area contributed by atoms with Gasteiger partial charge < -0.3 is 14.2 Å². The van der Waals surface area contributed by atoms with Gasteiger partial charge in [-0.25, -0.2) is 0 Å². The molecule has 1 spiro atoms. The molecule has 7 atom stereocenters. The third-order valence-corrected chi connectivity index (χ3v) is 8.83. The van der Waals surface area contributed by atoms with Crippen LogP contribution in [0.4, 0.5) is 0 Å². The first kappa shape index (κ1) is 17.2. The highest BCUT2D eigenvalue weighted by molar-refractivity contribution is 5.87. The summed E-state index contributed by atoms with van der Waals surface area (Å²) in [5.41, 5.74) is 1.62. The maximum atomic E-state index is 12.5. The zero-order valence-corrected chi connectivity index (χ0v) is 16.8. The number of allylic oxidation sites excluding steroid dienone is 1. The number of ether oxygens (including phenoxy) is 3. The largest absolute Gasteiger partial charge is 0.363 e. The fourth-order valence-corrected chi connectivity index (χ4v) is 7.24. The van der Waals surface area contributed by atoms with Crippen molar-refractivity contribution in [3.8, 4) is 0 Å². The number of carbonyl (C=O) groups is 1. The van der Waals surface area contributed by atoms with E-state index < -0.39 is 5.79 Å². The van der Waals surface area contributed by atoms with Crippen molar-refractivity contribution < 1.29 is 19.0 Å². The van der Waals surface area contributed by atoms with Crippen molar-refractivity contribution in [2.45, 2.75) is 77.3 Å². The van der Waals surface area contributed by atoms with Gasteiger partial charge in [0, 0.05) is 29.6 Å². The summed E-state index contributed by atoms with van der Waals surface area (Å²) in [5.74, 6) is 2.28. The van der Waals surface area contributed by atoms with Gasteiger partial charge in [-0.15, -0.1) is 0 Å². The molecule has 4 heteroatoms. The van der Waals surface area contributed by atoms with Gasteiger partial charge in [-0.1, -0.05) is 32.4 Å². The van der Waals surface area contributed by atoms with Crippen molar-refractivity contribution in [1.29, 1.82) is 0 Å².